The first kappa shape index (κ1) is 13.2. The van der Waals surface area contributed by atoms with Gasteiger partial charge in [-0.15, -0.1) is 11.3 Å². The molecule has 6 heteroatoms. The third-order valence-electron chi connectivity index (χ3n) is 3.30. The van der Waals surface area contributed by atoms with Crippen molar-refractivity contribution in [3.8, 4) is 0 Å². The highest BCUT2D eigenvalue weighted by atomic mass is 32.1. The fourth-order valence-corrected chi connectivity index (χ4v) is 3.50. The number of fused-ring (bicyclic) bond motifs is 1. The summed E-state index contributed by atoms with van der Waals surface area (Å²) < 4.78 is 16.1. The van der Waals surface area contributed by atoms with Gasteiger partial charge in [0.05, 0.1) is 11.7 Å². The summed E-state index contributed by atoms with van der Waals surface area (Å²) in [6.45, 7) is 2.81. The summed E-state index contributed by atoms with van der Waals surface area (Å²) in [5, 5.41) is 5.29. The quantitative estimate of drug-likeness (QED) is 0.574. The first-order valence-corrected chi connectivity index (χ1v) is 7.21. The Hall–Kier alpha value is -1.76. The zero-order valence-electron chi connectivity index (χ0n) is 11.0. The maximum Gasteiger partial charge on any atom is 0.124 e. The molecule has 0 saturated carbocycles. The van der Waals surface area contributed by atoms with Gasteiger partial charge in [-0.3, -0.25) is 10.5 Å². The number of nitrogens with zero attached hydrogens (tertiary/aromatic N) is 2. The molecule has 3 aromatic rings. The number of rotatable bonds is 4. The van der Waals surface area contributed by atoms with E-state index in [-0.39, 0.29) is 11.9 Å². The maximum absolute atomic E-state index is 13.3. The average molecular weight is 290 g/mol. The van der Waals surface area contributed by atoms with Crippen LogP contribution in [0.3, 0.4) is 0 Å². The van der Waals surface area contributed by atoms with E-state index >= 15 is 0 Å². The predicted octanol–water partition coefficient (Wildman–Crippen LogP) is 2.81. The Kier molecular flexibility index (Phi) is 3.52. The summed E-state index contributed by atoms with van der Waals surface area (Å²) in [4.78, 5) is 1.04. The molecule has 0 fully saturated rings. The molecule has 20 heavy (non-hydrogen) atoms. The van der Waals surface area contributed by atoms with Crippen molar-refractivity contribution in [1.82, 2.24) is 15.2 Å². The van der Waals surface area contributed by atoms with Crippen molar-refractivity contribution in [2.24, 2.45) is 5.84 Å². The van der Waals surface area contributed by atoms with Crippen molar-refractivity contribution in [2.75, 3.05) is 0 Å². The fraction of sp³-hybridized carbons (Fsp3) is 0.214. The van der Waals surface area contributed by atoms with Gasteiger partial charge in [0.1, 0.15) is 5.82 Å². The minimum atomic E-state index is -0.221. The molecule has 0 saturated heterocycles. The molecule has 0 spiro atoms. The lowest BCUT2D eigenvalue weighted by Crippen LogP contribution is -2.30. The molecule has 104 valence electrons. The van der Waals surface area contributed by atoms with E-state index in [0.29, 0.717) is 0 Å². The van der Waals surface area contributed by atoms with Gasteiger partial charge in [0, 0.05) is 22.3 Å². The van der Waals surface area contributed by atoms with Crippen LogP contribution in [0.15, 0.2) is 36.5 Å². The second-order valence-corrected chi connectivity index (χ2v) is 5.62. The van der Waals surface area contributed by atoms with Gasteiger partial charge in [0.25, 0.3) is 0 Å². The number of aryl methyl sites for hydroxylation is 1. The normalized spacial score (nSPS) is 12.9. The first-order chi connectivity index (χ1) is 9.72. The Bertz CT molecular complexity index is 734. The lowest BCUT2D eigenvalue weighted by molar-refractivity contribution is 0.548. The van der Waals surface area contributed by atoms with Gasteiger partial charge in [-0.2, -0.15) is 5.10 Å². The van der Waals surface area contributed by atoms with Crippen molar-refractivity contribution < 1.29 is 4.39 Å². The predicted molar refractivity (Wildman–Crippen MR) is 78.9 cm³/mol. The fourth-order valence-electron chi connectivity index (χ4n) is 2.33. The number of thiophene rings is 1. The summed E-state index contributed by atoms with van der Waals surface area (Å²) >= 11 is 1.54. The SMILES string of the molecule is CCn1nccc1C(NN)c1cc2ccc(F)cc2s1. The van der Waals surface area contributed by atoms with E-state index in [9.17, 15) is 4.39 Å². The van der Waals surface area contributed by atoms with Gasteiger partial charge in [-0.1, -0.05) is 6.07 Å². The van der Waals surface area contributed by atoms with Gasteiger partial charge in [-0.25, -0.2) is 9.82 Å². The van der Waals surface area contributed by atoms with E-state index in [1.54, 1.807) is 18.3 Å². The Morgan fingerprint density at radius 1 is 1.40 bits per heavy atom. The van der Waals surface area contributed by atoms with Crippen LogP contribution in [-0.2, 0) is 6.54 Å². The van der Waals surface area contributed by atoms with Crippen molar-refractivity contribution in [3.63, 3.8) is 0 Å². The van der Waals surface area contributed by atoms with Crippen LogP contribution >= 0.6 is 11.3 Å². The molecular weight excluding hydrogens is 275 g/mol. The number of aromatic nitrogens is 2. The average Bonchev–Trinajstić information content (AvgIpc) is 3.05. The Morgan fingerprint density at radius 3 is 3.00 bits per heavy atom. The molecule has 3 rings (SSSR count). The monoisotopic (exact) mass is 290 g/mol. The molecule has 2 aromatic heterocycles. The third-order valence-corrected chi connectivity index (χ3v) is 4.46. The van der Waals surface area contributed by atoms with E-state index in [0.717, 1.165) is 27.2 Å². The minimum Gasteiger partial charge on any atom is -0.270 e. The number of hydrogen-bond donors (Lipinski definition) is 2. The van der Waals surface area contributed by atoms with Crippen LogP contribution in [0.5, 0.6) is 0 Å². The van der Waals surface area contributed by atoms with Gasteiger partial charge >= 0.3 is 0 Å². The first-order valence-electron chi connectivity index (χ1n) is 6.39. The van der Waals surface area contributed by atoms with Gasteiger partial charge in [-0.05, 0) is 36.6 Å². The number of benzene rings is 1. The molecular formula is C14H15FN4S. The van der Waals surface area contributed by atoms with Crippen LogP contribution < -0.4 is 11.3 Å². The highest BCUT2D eigenvalue weighted by Gasteiger charge is 2.19. The maximum atomic E-state index is 13.3. The number of nitrogens with two attached hydrogens (primary N) is 1. The van der Waals surface area contributed by atoms with Crippen LogP contribution in [0.4, 0.5) is 4.39 Å². The summed E-state index contributed by atoms with van der Waals surface area (Å²) in [5.74, 6) is 5.49. The minimum absolute atomic E-state index is 0.141. The third kappa shape index (κ3) is 2.22. The number of halogens is 1. The summed E-state index contributed by atoms with van der Waals surface area (Å²) in [6.07, 6.45) is 1.76. The molecule has 2 heterocycles. The van der Waals surface area contributed by atoms with E-state index in [1.165, 1.54) is 17.4 Å². The standard InChI is InChI=1S/C14H15FN4S/c1-2-19-11(5-6-17-19)14(18-16)13-7-9-3-4-10(15)8-12(9)20-13/h3-8,14,18H,2,16H2,1H3. The second-order valence-electron chi connectivity index (χ2n) is 4.50. The van der Waals surface area contributed by atoms with E-state index in [4.69, 9.17) is 5.84 Å². The van der Waals surface area contributed by atoms with Crippen LogP contribution in [0.2, 0.25) is 0 Å². The highest BCUT2D eigenvalue weighted by Crippen LogP contribution is 2.33. The van der Waals surface area contributed by atoms with Crippen molar-refractivity contribution in [2.45, 2.75) is 19.5 Å². The molecule has 0 bridgehead atoms. The number of hydrogen-bond acceptors (Lipinski definition) is 4. The molecule has 0 aliphatic heterocycles. The molecule has 1 aromatic carbocycles. The van der Waals surface area contributed by atoms with Crippen LogP contribution in [0.25, 0.3) is 10.1 Å². The molecule has 0 aliphatic rings. The zero-order valence-corrected chi connectivity index (χ0v) is 11.8. The number of nitrogens with one attached hydrogen (secondary N) is 1. The van der Waals surface area contributed by atoms with Crippen molar-refractivity contribution in [1.29, 1.82) is 0 Å². The molecule has 4 nitrogen and oxygen atoms in total. The number of hydrazine groups is 1. The molecule has 1 atom stereocenters. The molecule has 0 amide bonds. The molecule has 3 N–H and O–H groups in total. The topological polar surface area (TPSA) is 55.9 Å². The molecule has 1 unspecified atom stereocenters. The van der Waals surface area contributed by atoms with Crippen LogP contribution in [-0.4, -0.2) is 9.78 Å². The van der Waals surface area contributed by atoms with Gasteiger partial charge in [0.15, 0.2) is 0 Å². The highest BCUT2D eigenvalue weighted by molar-refractivity contribution is 7.19. The van der Waals surface area contributed by atoms with Gasteiger partial charge in [0.2, 0.25) is 0 Å². The Morgan fingerprint density at radius 2 is 2.25 bits per heavy atom. The zero-order chi connectivity index (χ0) is 14.1. The van der Waals surface area contributed by atoms with Gasteiger partial charge < -0.3 is 0 Å². The van der Waals surface area contributed by atoms with Crippen LogP contribution in [0, 0.1) is 5.82 Å². The van der Waals surface area contributed by atoms with Crippen molar-refractivity contribution >= 4 is 21.4 Å². The van der Waals surface area contributed by atoms with Crippen molar-refractivity contribution in [3.05, 3.63) is 52.9 Å². The Balaban J connectivity index is 2.07. The lowest BCUT2D eigenvalue weighted by Gasteiger charge is -2.15. The Labute approximate surface area is 120 Å². The summed E-state index contributed by atoms with van der Waals surface area (Å²) in [7, 11) is 0. The molecule has 0 radical (unpaired) electrons. The van der Waals surface area contributed by atoms with E-state index in [2.05, 4.69) is 10.5 Å². The van der Waals surface area contributed by atoms with E-state index in [1.807, 2.05) is 23.7 Å². The summed E-state index contributed by atoms with van der Waals surface area (Å²) in [6, 6.07) is 8.65. The smallest absolute Gasteiger partial charge is 0.124 e. The van der Waals surface area contributed by atoms with E-state index < -0.39 is 0 Å². The molecule has 0 aliphatic carbocycles. The lowest BCUT2D eigenvalue weighted by atomic mass is 10.1. The van der Waals surface area contributed by atoms with Crippen LogP contribution in [0.1, 0.15) is 23.5 Å². The summed E-state index contributed by atoms with van der Waals surface area (Å²) in [5.41, 5.74) is 3.83. The second kappa shape index (κ2) is 5.32. The largest absolute Gasteiger partial charge is 0.270 e.